The molecule has 8 heteroatoms. The molecule has 0 unspecified atom stereocenters. The number of piperidine rings is 1. The van der Waals surface area contributed by atoms with Crippen molar-refractivity contribution >= 4 is 16.9 Å². The standard InChI is InChI=1S/C29H26N2O6/c1-35-21-7-5-19(6-8-21)24-13-29(34)37-26-12-22(9-10-23(24)26)36-17-28(33)30-14-18-11-20(16-30)25-3-2-4-27(32)31(25)15-18/h2-10,12-13,18,20H,11,14-17H2,1H3/t18-,20+/m1/s1. The summed E-state index contributed by atoms with van der Waals surface area (Å²) in [4.78, 5) is 39.4. The molecule has 0 N–H and O–H groups in total. The molecule has 8 nitrogen and oxygen atoms in total. The zero-order valence-electron chi connectivity index (χ0n) is 20.4. The van der Waals surface area contributed by atoms with Crippen LogP contribution in [0.3, 0.4) is 0 Å². The van der Waals surface area contributed by atoms with Gasteiger partial charge in [-0.2, -0.15) is 0 Å². The average Bonchev–Trinajstić information content (AvgIpc) is 2.91. The highest BCUT2D eigenvalue weighted by molar-refractivity contribution is 5.93. The Hall–Kier alpha value is -4.33. The van der Waals surface area contributed by atoms with Crippen LogP contribution in [-0.2, 0) is 11.3 Å². The molecule has 188 valence electrons. The lowest BCUT2D eigenvalue weighted by Crippen LogP contribution is -2.50. The highest BCUT2D eigenvalue weighted by Crippen LogP contribution is 2.35. The van der Waals surface area contributed by atoms with E-state index in [4.69, 9.17) is 13.9 Å². The van der Waals surface area contributed by atoms with Gasteiger partial charge >= 0.3 is 5.63 Å². The summed E-state index contributed by atoms with van der Waals surface area (Å²) in [5, 5.41) is 0.765. The predicted octanol–water partition coefficient (Wildman–Crippen LogP) is 3.66. The first-order valence-electron chi connectivity index (χ1n) is 12.3. The second-order valence-electron chi connectivity index (χ2n) is 9.65. The predicted molar refractivity (Wildman–Crippen MR) is 138 cm³/mol. The van der Waals surface area contributed by atoms with Gasteiger partial charge in [0.15, 0.2) is 6.61 Å². The number of ether oxygens (including phenoxy) is 2. The minimum Gasteiger partial charge on any atom is -0.497 e. The van der Waals surface area contributed by atoms with Crippen LogP contribution >= 0.6 is 0 Å². The van der Waals surface area contributed by atoms with Crippen LogP contribution in [0.15, 0.2) is 80.7 Å². The highest BCUT2D eigenvalue weighted by Gasteiger charge is 2.36. The smallest absolute Gasteiger partial charge is 0.336 e. The van der Waals surface area contributed by atoms with E-state index >= 15 is 0 Å². The largest absolute Gasteiger partial charge is 0.497 e. The number of amides is 1. The highest BCUT2D eigenvalue weighted by atomic mass is 16.5. The number of fused-ring (bicyclic) bond motifs is 5. The third-order valence-corrected chi connectivity index (χ3v) is 7.31. The molecule has 2 aromatic heterocycles. The van der Waals surface area contributed by atoms with Crippen LogP contribution in [0.5, 0.6) is 11.5 Å². The van der Waals surface area contributed by atoms with Gasteiger partial charge in [-0.25, -0.2) is 4.79 Å². The van der Waals surface area contributed by atoms with Crippen molar-refractivity contribution in [3.8, 4) is 22.6 Å². The van der Waals surface area contributed by atoms with Crippen LogP contribution < -0.4 is 20.7 Å². The van der Waals surface area contributed by atoms with Gasteiger partial charge in [-0.1, -0.05) is 18.2 Å². The molecule has 6 rings (SSSR count). The van der Waals surface area contributed by atoms with Gasteiger partial charge in [-0.15, -0.1) is 0 Å². The molecule has 0 saturated carbocycles. The Morgan fingerprint density at radius 3 is 2.59 bits per heavy atom. The fraction of sp³-hybridized carbons (Fsp3) is 0.276. The summed E-state index contributed by atoms with van der Waals surface area (Å²) in [6.45, 7) is 1.70. The maximum atomic E-state index is 13.0. The molecule has 2 aliphatic heterocycles. The molecule has 0 aliphatic carbocycles. The molecule has 0 spiro atoms. The second-order valence-corrected chi connectivity index (χ2v) is 9.65. The summed E-state index contributed by atoms with van der Waals surface area (Å²) in [7, 11) is 1.60. The number of rotatable bonds is 5. The molecule has 2 atom stereocenters. The lowest BCUT2D eigenvalue weighted by Gasteiger charge is -2.42. The first-order chi connectivity index (χ1) is 18.0. The van der Waals surface area contributed by atoms with E-state index in [1.165, 1.54) is 6.07 Å². The van der Waals surface area contributed by atoms with E-state index in [0.717, 1.165) is 34.4 Å². The topological polar surface area (TPSA) is 91.0 Å². The van der Waals surface area contributed by atoms with E-state index in [-0.39, 0.29) is 29.9 Å². The van der Waals surface area contributed by atoms with Crippen LogP contribution in [0.4, 0.5) is 0 Å². The summed E-state index contributed by atoms with van der Waals surface area (Å²) in [5.74, 6) is 1.48. The number of methoxy groups -OCH3 is 1. The van der Waals surface area contributed by atoms with Crippen molar-refractivity contribution in [2.45, 2.75) is 18.9 Å². The van der Waals surface area contributed by atoms with E-state index in [1.807, 2.05) is 45.9 Å². The van der Waals surface area contributed by atoms with Crippen molar-refractivity contribution in [3.05, 3.63) is 93.2 Å². The molecule has 1 fully saturated rings. The number of likely N-dealkylation sites (tertiary alicyclic amines) is 1. The molecular formula is C29H26N2O6. The molecule has 37 heavy (non-hydrogen) atoms. The maximum Gasteiger partial charge on any atom is 0.336 e. The van der Waals surface area contributed by atoms with E-state index in [9.17, 15) is 14.4 Å². The number of carbonyl (C=O) groups excluding carboxylic acids is 1. The Morgan fingerprint density at radius 2 is 1.78 bits per heavy atom. The number of aromatic nitrogens is 1. The molecule has 2 bridgehead atoms. The molecule has 1 amide bonds. The van der Waals surface area contributed by atoms with Crippen molar-refractivity contribution in [2.75, 3.05) is 26.8 Å². The van der Waals surface area contributed by atoms with Crippen molar-refractivity contribution < 1.29 is 18.7 Å². The van der Waals surface area contributed by atoms with Gasteiger partial charge in [0, 0.05) is 54.8 Å². The molecule has 1 saturated heterocycles. The first-order valence-corrected chi connectivity index (χ1v) is 12.3. The van der Waals surface area contributed by atoms with Crippen molar-refractivity contribution in [3.63, 3.8) is 0 Å². The number of pyridine rings is 1. The fourth-order valence-electron chi connectivity index (χ4n) is 5.58. The van der Waals surface area contributed by atoms with Gasteiger partial charge in [-0.05, 0) is 53.8 Å². The molecule has 4 heterocycles. The maximum absolute atomic E-state index is 13.0. The van der Waals surface area contributed by atoms with E-state index in [1.54, 1.807) is 31.4 Å². The zero-order chi connectivity index (χ0) is 25.5. The third-order valence-electron chi connectivity index (χ3n) is 7.31. The Labute approximate surface area is 212 Å². The Bertz CT molecular complexity index is 1600. The monoisotopic (exact) mass is 498 g/mol. The number of hydrogen-bond acceptors (Lipinski definition) is 6. The third kappa shape index (κ3) is 4.39. The number of benzene rings is 2. The summed E-state index contributed by atoms with van der Waals surface area (Å²) < 4.78 is 18.3. The number of carbonyl (C=O) groups is 1. The molecule has 2 aromatic carbocycles. The summed E-state index contributed by atoms with van der Waals surface area (Å²) in [6.07, 6.45) is 0.980. The van der Waals surface area contributed by atoms with Crippen molar-refractivity contribution in [1.29, 1.82) is 0 Å². The number of nitrogens with zero attached hydrogens (tertiary/aromatic N) is 2. The van der Waals surface area contributed by atoms with Gasteiger partial charge in [0.2, 0.25) is 0 Å². The summed E-state index contributed by atoms with van der Waals surface area (Å²) >= 11 is 0. The SMILES string of the molecule is COc1ccc(-c2cc(=O)oc3cc(OCC(=O)N4C[C@H]5C[C@@H](C4)c4cccc(=O)n4C5)ccc23)cc1. The molecule has 4 aromatic rings. The lowest BCUT2D eigenvalue weighted by molar-refractivity contribution is -0.136. The van der Waals surface area contributed by atoms with Gasteiger partial charge in [0.1, 0.15) is 17.1 Å². The molecular weight excluding hydrogens is 472 g/mol. The normalized spacial score (nSPS) is 18.4. The van der Waals surface area contributed by atoms with Crippen LogP contribution in [0.25, 0.3) is 22.1 Å². The van der Waals surface area contributed by atoms with Crippen LogP contribution in [0, 0.1) is 5.92 Å². The Kier molecular flexibility index (Phi) is 5.79. The minimum absolute atomic E-state index is 0.0217. The quantitative estimate of drug-likeness (QED) is 0.390. The summed E-state index contributed by atoms with van der Waals surface area (Å²) in [6, 6.07) is 19.5. The average molecular weight is 499 g/mol. The Morgan fingerprint density at radius 1 is 0.973 bits per heavy atom. The van der Waals surface area contributed by atoms with E-state index < -0.39 is 5.63 Å². The van der Waals surface area contributed by atoms with Crippen LogP contribution in [-0.4, -0.2) is 42.2 Å². The van der Waals surface area contributed by atoms with Gasteiger partial charge in [0.05, 0.1) is 7.11 Å². The lowest BCUT2D eigenvalue weighted by atomic mass is 9.83. The second kappa shape index (κ2) is 9.28. The van der Waals surface area contributed by atoms with Crippen LogP contribution in [0.1, 0.15) is 18.0 Å². The van der Waals surface area contributed by atoms with E-state index in [0.29, 0.717) is 31.0 Å². The zero-order valence-corrected chi connectivity index (χ0v) is 20.4. The van der Waals surface area contributed by atoms with Gasteiger partial charge in [-0.3, -0.25) is 9.59 Å². The molecule has 0 radical (unpaired) electrons. The summed E-state index contributed by atoms with van der Waals surface area (Å²) in [5.41, 5.74) is 2.55. The first kappa shape index (κ1) is 23.1. The molecule has 2 aliphatic rings. The van der Waals surface area contributed by atoms with Gasteiger partial charge < -0.3 is 23.4 Å². The van der Waals surface area contributed by atoms with Gasteiger partial charge in [0.25, 0.3) is 11.5 Å². The number of hydrogen-bond donors (Lipinski definition) is 0. The van der Waals surface area contributed by atoms with Crippen molar-refractivity contribution in [1.82, 2.24) is 9.47 Å². The fourth-order valence-corrected chi connectivity index (χ4v) is 5.58. The van der Waals surface area contributed by atoms with Crippen LogP contribution in [0.2, 0.25) is 0 Å². The Balaban J connectivity index is 1.18. The minimum atomic E-state index is -0.467. The van der Waals surface area contributed by atoms with E-state index in [2.05, 4.69) is 0 Å². The van der Waals surface area contributed by atoms with Crippen molar-refractivity contribution in [2.24, 2.45) is 5.92 Å².